The Balaban J connectivity index is 1.62. The fourth-order valence-corrected chi connectivity index (χ4v) is 5.10. The number of rotatable bonds is 9. The van der Waals surface area contributed by atoms with Crippen LogP contribution in [-0.4, -0.2) is 42.1 Å². The number of aryl methyl sites for hydroxylation is 1. The quantitative estimate of drug-likeness (QED) is 0.412. The van der Waals surface area contributed by atoms with Crippen LogP contribution >= 0.6 is 0 Å². The zero-order valence-corrected chi connectivity index (χ0v) is 20.0. The zero-order valence-electron chi connectivity index (χ0n) is 19.2. The van der Waals surface area contributed by atoms with Crippen LogP contribution < -0.4 is 4.74 Å². The normalized spacial score (nSPS) is 17.5. The third-order valence-electron chi connectivity index (χ3n) is 5.49. The van der Waals surface area contributed by atoms with Crippen molar-refractivity contribution in [3.63, 3.8) is 0 Å². The molecule has 32 heavy (non-hydrogen) atoms. The van der Waals surface area contributed by atoms with Crippen LogP contribution in [0.2, 0.25) is 0 Å². The molecule has 2 heterocycles. The molecule has 0 amide bonds. The smallest absolute Gasteiger partial charge is 0.306 e. The first-order valence-corrected chi connectivity index (χ1v) is 12.7. The molecule has 0 fully saturated rings. The molecule has 2 aromatic rings. The predicted octanol–water partition coefficient (Wildman–Crippen LogP) is 4.17. The SMILES string of the molecule is Cc1ccc2c(c1)C(N(CCCCC(=O)OCc1ccccn1)S(C)(=O)=O)CC(C)(C)O2. The summed E-state index contributed by atoms with van der Waals surface area (Å²) in [5, 5.41) is 0. The lowest BCUT2D eigenvalue weighted by Gasteiger charge is -2.41. The molecule has 0 radical (unpaired) electrons. The number of nitrogens with zero attached hydrogens (tertiary/aromatic N) is 2. The predicted molar refractivity (Wildman–Crippen MR) is 123 cm³/mol. The van der Waals surface area contributed by atoms with Crippen molar-refractivity contribution in [3.05, 3.63) is 59.4 Å². The first kappa shape index (κ1) is 24.2. The van der Waals surface area contributed by atoms with Gasteiger partial charge in [-0.1, -0.05) is 23.8 Å². The van der Waals surface area contributed by atoms with Crippen LogP contribution in [0.4, 0.5) is 0 Å². The van der Waals surface area contributed by atoms with Crippen molar-refractivity contribution in [1.82, 2.24) is 9.29 Å². The summed E-state index contributed by atoms with van der Waals surface area (Å²) < 4.78 is 38.3. The van der Waals surface area contributed by atoms with E-state index in [1.54, 1.807) is 22.6 Å². The number of aromatic nitrogens is 1. The standard InChI is InChI=1S/C24H32N2O5S/c1-18-11-12-22-20(15-18)21(16-24(2,3)31-22)26(32(4,28)29)14-8-6-10-23(27)30-17-19-9-5-7-13-25-19/h5,7,9,11-13,15,21H,6,8,10,14,16-17H2,1-4H3. The van der Waals surface area contributed by atoms with Crippen LogP contribution in [0.5, 0.6) is 5.75 Å². The molecule has 1 aliphatic heterocycles. The summed E-state index contributed by atoms with van der Waals surface area (Å²) in [7, 11) is -3.46. The second-order valence-electron chi connectivity index (χ2n) is 8.94. The van der Waals surface area contributed by atoms with Gasteiger partial charge in [-0.15, -0.1) is 0 Å². The van der Waals surface area contributed by atoms with Crippen LogP contribution in [0.3, 0.4) is 0 Å². The van der Waals surface area contributed by atoms with Crippen molar-refractivity contribution in [2.45, 2.75) is 64.7 Å². The Hall–Kier alpha value is -2.45. The van der Waals surface area contributed by atoms with E-state index in [0.717, 1.165) is 16.9 Å². The van der Waals surface area contributed by atoms with Crippen molar-refractivity contribution in [1.29, 1.82) is 0 Å². The molecule has 0 saturated heterocycles. The highest BCUT2D eigenvalue weighted by atomic mass is 32.2. The molecule has 8 heteroatoms. The summed E-state index contributed by atoms with van der Waals surface area (Å²) in [5.74, 6) is 0.415. The Morgan fingerprint density at radius 1 is 1.25 bits per heavy atom. The number of carbonyl (C=O) groups excluding carboxylic acids is 1. The second kappa shape index (κ2) is 10.0. The number of benzene rings is 1. The number of sulfonamides is 1. The van der Waals surface area contributed by atoms with Crippen molar-refractivity contribution in [2.75, 3.05) is 12.8 Å². The Kier molecular flexibility index (Phi) is 7.56. The van der Waals surface area contributed by atoms with E-state index in [0.29, 0.717) is 31.5 Å². The highest BCUT2D eigenvalue weighted by molar-refractivity contribution is 7.88. The van der Waals surface area contributed by atoms with Crippen LogP contribution in [0.15, 0.2) is 42.6 Å². The van der Waals surface area contributed by atoms with Gasteiger partial charge in [-0.3, -0.25) is 9.78 Å². The summed E-state index contributed by atoms with van der Waals surface area (Å²) in [6, 6.07) is 11.0. The molecular formula is C24H32N2O5S. The van der Waals surface area contributed by atoms with Crippen LogP contribution in [0, 0.1) is 6.92 Å². The molecule has 1 unspecified atom stereocenters. The van der Waals surface area contributed by atoms with E-state index in [-0.39, 0.29) is 25.0 Å². The van der Waals surface area contributed by atoms with Crippen molar-refractivity contribution >= 4 is 16.0 Å². The maximum Gasteiger partial charge on any atom is 0.306 e. The molecule has 1 aromatic carbocycles. The third kappa shape index (κ3) is 6.53. The number of hydrogen-bond acceptors (Lipinski definition) is 6. The lowest BCUT2D eigenvalue weighted by Crippen LogP contribution is -2.43. The summed E-state index contributed by atoms with van der Waals surface area (Å²) in [6.07, 6.45) is 4.79. The minimum absolute atomic E-state index is 0.141. The molecule has 0 bridgehead atoms. The van der Waals surface area contributed by atoms with Gasteiger partial charge in [0.05, 0.1) is 18.0 Å². The molecule has 174 valence electrons. The van der Waals surface area contributed by atoms with Crippen LogP contribution in [-0.2, 0) is 26.2 Å². The second-order valence-corrected chi connectivity index (χ2v) is 10.9. The highest BCUT2D eigenvalue weighted by Crippen LogP contribution is 2.43. The number of fused-ring (bicyclic) bond motifs is 1. The first-order valence-electron chi connectivity index (χ1n) is 10.9. The van der Waals surface area contributed by atoms with Gasteiger partial charge in [0.2, 0.25) is 10.0 Å². The molecule has 1 atom stereocenters. The molecule has 0 aliphatic carbocycles. The Morgan fingerprint density at radius 2 is 2.03 bits per heavy atom. The lowest BCUT2D eigenvalue weighted by atomic mass is 9.89. The topological polar surface area (TPSA) is 85.8 Å². The van der Waals surface area contributed by atoms with E-state index < -0.39 is 15.6 Å². The molecule has 0 N–H and O–H groups in total. The Bertz CT molecular complexity index is 1040. The fraction of sp³-hybridized carbons (Fsp3) is 0.500. The molecule has 0 spiro atoms. The lowest BCUT2D eigenvalue weighted by molar-refractivity contribution is -0.145. The monoisotopic (exact) mass is 460 g/mol. The molecule has 1 aromatic heterocycles. The minimum Gasteiger partial charge on any atom is -0.487 e. The van der Waals surface area contributed by atoms with E-state index in [4.69, 9.17) is 9.47 Å². The van der Waals surface area contributed by atoms with Gasteiger partial charge in [0, 0.05) is 31.1 Å². The largest absolute Gasteiger partial charge is 0.487 e. The molecule has 7 nitrogen and oxygen atoms in total. The average Bonchev–Trinajstić information content (AvgIpc) is 2.71. The van der Waals surface area contributed by atoms with Crippen LogP contribution in [0.25, 0.3) is 0 Å². The highest BCUT2D eigenvalue weighted by Gasteiger charge is 2.39. The van der Waals surface area contributed by atoms with Gasteiger partial charge in [0.15, 0.2) is 0 Å². The molecular weight excluding hydrogens is 428 g/mol. The number of hydrogen-bond donors (Lipinski definition) is 0. The summed E-state index contributed by atoms with van der Waals surface area (Å²) in [4.78, 5) is 16.2. The van der Waals surface area contributed by atoms with E-state index in [9.17, 15) is 13.2 Å². The number of unbranched alkanes of at least 4 members (excludes halogenated alkanes) is 1. The van der Waals surface area contributed by atoms with Gasteiger partial charge in [-0.25, -0.2) is 8.42 Å². The van der Waals surface area contributed by atoms with Gasteiger partial charge in [0.1, 0.15) is 18.0 Å². The summed E-state index contributed by atoms with van der Waals surface area (Å²) >= 11 is 0. The first-order chi connectivity index (χ1) is 15.0. The fourth-order valence-electron chi connectivity index (χ4n) is 3.99. The summed E-state index contributed by atoms with van der Waals surface area (Å²) in [6.45, 7) is 6.41. The van der Waals surface area contributed by atoms with E-state index in [1.165, 1.54) is 6.26 Å². The average molecular weight is 461 g/mol. The summed E-state index contributed by atoms with van der Waals surface area (Å²) in [5.41, 5.74) is 2.16. The van der Waals surface area contributed by atoms with Gasteiger partial charge in [0.25, 0.3) is 0 Å². The third-order valence-corrected chi connectivity index (χ3v) is 6.77. The van der Waals surface area contributed by atoms with E-state index in [2.05, 4.69) is 4.98 Å². The molecule has 3 rings (SSSR count). The molecule has 0 saturated carbocycles. The van der Waals surface area contributed by atoms with Crippen molar-refractivity contribution in [3.8, 4) is 5.75 Å². The van der Waals surface area contributed by atoms with Crippen LogP contribution in [0.1, 0.15) is 62.4 Å². The van der Waals surface area contributed by atoms with Crippen molar-refractivity contribution < 1.29 is 22.7 Å². The molecule has 1 aliphatic rings. The maximum atomic E-state index is 12.7. The van der Waals surface area contributed by atoms with Crippen molar-refractivity contribution in [2.24, 2.45) is 0 Å². The minimum atomic E-state index is -3.46. The van der Waals surface area contributed by atoms with Gasteiger partial charge >= 0.3 is 5.97 Å². The Labute approximate surface area is 190 Å². The van der Waals surface area contributed by atoms with E-state index in [1.807, 2.05) is 45.0 Å². The van der Waals surface area contributed by atoms with Gasteiger partial charge in [-0.05, 0) is 51.8 Å². The van der Waals surface area contributed by atoms with Gasteiger partial charge < -0.3 is 9.47 Å². The number of pyridine rings is 1. The van der Waals surface area contributed by atoms with Gasteiger partial charge in [-0.2, -0.15) is 4.31 Å². The van der Waals surface area contributed by atoms with E-state index >= 15 is 0 Å². The number of ether oxygens (including phenoxy) is 2. The Morgan fingerprint density at radius 3 is 2.72 bits per heavy atom. The number of carbonyl (C=O) groups is 1. The maximum absolute atomic E-state index is 12.7. The number of esters is 1. The zero-order chi connectivity index (χ0) is 23.4.